The van der Waals surface area contributed by atoms with E-state index >= 15 is 0 Å². The van der Waals surface area contributed by atoms with Crippen LogP contribution < -0.4 is 4.80 Å². The maximum atomic E-state index is 13.8. The number of aromatic nitrogens is 1. The molecule has 1 aromatic heterocycles. The lowest BCUT2D eigenvalue weighted by molar-refractivity contribution is 0.399. The number of hydrogen-bond acceptors (Lipinski definition) is 5. The molecule has 2 N–H and O–H groups in total. The molecule has 5 nitrogen and oxygen atoms in total. The van der Waals surface area contributed by atoms with Crippen molar-refractivity contribution in [2.24, 2.45) is 10.1 Å². The van der Waals surface area contributed by atoms with Crippen molar-refractivity contribution >= 4 is 17.6 Å². The van der Waals surface area contributed by atoms with Gasteiger partial charge in [0.05, 0.1) is 18.0 Å². The van der Waals surface area contributed by atoms with Crippen molar-refractivity contribution in [3.05, 3.63) is 39.4 Å². The average molecular weight is 349 g/mol. The molecule has 0 atom stereocenters. The maximum Gasteiger partial charge on any atom is 0.206 e. The first kappa shape index (κ1) is 16.7. The quantitative estimate of drug-likeness (QED) is 0.657. The number of nitrogens with zero attached hydrogens (tertiary/aromatic N) is 3. The number of hydrogen-bond donors (Lipinski definition) is 2. The van der Waals surface area contributed by atoms with Crippen molar-refractivity contribution in [3.8, 4) is 11.5 Å². The summed E-state index contributed by atoms with van der Waals surface area (Å²) >= 11 is 1.51. The van der Waals surface area contributed by atoms with E-state index in [1.807, 2.05) is 12.3 Å². The van der Waals surface area contributed by atoms with Gasteiger partial charge in [0.1, 0.15) is 5.82 Å². The molecule has 128 valence electrons. The first-order valence-corrected chi connectivity index (χ1v) is 8.89. The molecule has 7 heteroatoms. The number of rotatable bonds is 3. The molecule has 1 aromatic carbocycles. The summed E-state index contributed by atoms with van der Waals surface area (Å²) in [5, 5.41) is 25.1. The van der Waals surface area contributed by atoms with E-state index < -0.39 is 11.6 Å². The minimum absolute atomic E-state index is 0.104. The van der Waals surface area contributed by atoms with Gasteiger partial charge in [-0.05, 0) is 25.8 Å². The molecule has 0 aliphatic heterocycles. The minimum atomic E-state index is -0.645. The Hall–Kier alpha value is -2.15. The summed E-state index contributed by atoms with van der Waals surface area (Å²) in [4.78, 5) is 5.58. The number of phenols is 2. The van der Waals surface area contributed by atoms with E-state index in [1.165, 1.54) is 36.8 Å². The Labute approximate surface area is 143 Å². The molecule has 1 aliphatic rings. The SMILES string of the molecule is Cc1cs/c(=N\C2CCCCC2)n1/N=C/c1cc(O)c(O)cc1F. The topological polar surface area (TPSA) is 70.1 Å². The third kappa shape index (κ3) is 3.67. The van der Waals surface area contributed by atoms with Gasteiger partial charge in [-0.2, -0.15) is 5.10 Å². The molecule has 0 radical (unpaired) electrons. The summed E-state index contributed by atoms with van der Waals surface area (Å²) in [7, 11) is 0. The normalized spacial score (nSPS) is 17.0. The van der Waals surface area contributed by atoms with Crippen LogP contribution in [0, 0.1) is 12.7 Å². The predicted molar refractivity (Wildman–Crippen MR) is 92.2 cm³/mol. The monoisotopic (exact) mass is 349 g/mol. The Balaban J connectivity index is 1.91. The van der Waals surface area contributed by atoms with E-state index in [0.29, 0.717) is 6.04 Å². The molecule has 0 amide bonds. The van der Waals surface area contributed by atoms with Crippen LogP contribution in [0.2, 0.25) is 0 Å². The first-order valence-electron chi connectivity index (χ1n) is 8.01. The van der Waals surface area contributed by atoms with E-state index in [2.05, 4.69) is 5.10 Å². The van der Waals surface area contributed by atoms with Crippen molar-refractivity contribution < 1.29 is 14.6 Å². The zero-order valence-electron chi connectivity index (χ0n) is 13.4. The van der Waals surface area contributed by atoms with Gasteiger partial charge in [-0.25, -0.2) is 9.07 Å². The van der Waals surface area contributed by atoms with E-state index in [-0.39, 0.29) is 11.3 Å². The zero-order valence-corrected chi connectivity index (χ0v) is 14.3. The third-order valence-corrected chi connectivity index (χ3v) is 5.07. The molecular formula is C17H20FN3O2S. The standard InChI is InChI=1S/C17H20FN3O2S/c1-11-10-24-17(20-13-5-3-2-4-6-13)21(11)19-9-12-7-15(22)16(23)8-14(12)18/h7-10,13,22-23H,2-6H2,1H3/b19-9+,20-17-. The van der Waals surface area contributed by atoms with Crippen molar-refractivity contribution in [2.75, 3.05) is 0 Å². The van der Waals surface area contributed by atoms with Gasteiger partial charge in [0.15, 0.2) is 11.5 Å². The van der Waals surface area contributed by atoms with E-state index in [1.54, 1.807) is 4.68 Å². The number of benzene rings is 1. The fourth-order valence-corrected chi connectivity index (χ4v) is 3.64. The third-order valence-electron chi connectivity index (χ3n) is 4.12. The van der Waals surface area contributed by atoms with Crippen LogP contribution in [0.15, 0.2) is 27.6 Å². The lowest BCUT2D eigenvalue weighted by Crippen LogP contribution is -2.19. The second-order valence-electron chi connectivity index (χ2n) is 6.00. The second-order valence-corrected chi connectivity index (χ2v) is 6.84. The van der Waals surface area contributed by atoms with Crippen molar-refractivity contribution in [1.82, 2.24) is 4.68 Å². The van der Waals surface area contributed by atoms with E-state index in [0.717, 1.165) is 35.5 Å². The van der Waals surface area contributed by atoms with Gasteiger partial charge in [-0.1, -0.05) is 19.3 Å². The van der Waals surface area contributed by atoms with Crippen LogP contribution in [0.1, 0.15) is 43.4 Å². The average Bonchev–Trinajstić information content (AvgIpc) is 2.91. The summed E-state index contributed by atoms with van der Waals surface area (Å²) in [5.74, 6) is -1.51. The summed E-state index contributed by atoms with van der Waals surface area (Å²) in [6.45, 7) is 1.92. The molecule has 0 unspecified atom stereocenters. The Bertz CT molecular complexity index is 820. The van der Waals surface area contributed by atoms with Crippen LogP contribution in [-0.2, 0) is 0 Å². The smallest absolute Gasteiger partial charge is 0.206 e. The molecule has 0 spiro atoms. The second kappa shape index (κ2) is 7.17. The molecule has 0 saturated heterocycles. The molecular weight excluding hydrogens is 329 g/mol. The highest BCUT2D eigenvalue weighted by atomic mass is 32.1. The Morgan fingerprint density at radius 1 is 1.21 bits per heavy atom. The molecule has 1 aliphatic carbocycles. The highest BCUT2D eigenvalue weighted by molar-refractivity contribution is 7.07. The van der Waals surface area contributed by atoms with Crippen LogP contribution in [0.25, 0.3) is 0 Å². The number of aromatic hydroxyl groups is 2. The first-order chi connectivity index (χ1) is 11.5. The van der Waals surface area contributed by atoms with Gasteiger partial charge < -0.3 is 10.2 Å². The number of halogens is 1. The van der Waals surface area contributed by atoms with Gasteiger partial charge in [0.2, 0.25) is 4.80 Å². The van der Waals surface area contributed by atoms with Crippen LogP contribution in [0.3, 0.4) is 0 Å². The van der Waals surface area contributed by atoms with Gasteiger partial charge in [-0.3, -0.25) is 4.99 Å². The lowest BCUT2D eigenvalue weighted by atomic mass is 9.96. The van der Waals surface area contributed by atoms with Gasteiger partial charge in [0.25, 0.3) is 0 Å². The van der Waals surface area contributed by atoms with Crippen LogP contribution in [-0.4, -0.2) is 27.1 Å². The van der Waals surface area contributed by atoms with Crippen LogP contribution in [0.5, 0.6) is 11.5 Å². The van der Waals surface area contributed by atoms with Crippen LogP contribution >= 0.6 is 11.3 Å². The summed E-state index contributed by atoms with van der Waals surface area (Å²) < 4.78 is 15.5. The zero-order chi connectivity index (χ0) is 17.1. The van der Waals surface area contributed by atoms with Gasteiger partial charge in [-0.15, -0.1) is 11.3 Å². The Morgan fingerprint density at radius 3 is 2.67 bits per heavy atom. The summed E-state index contributed by atoms with van der Waals surface area (Å²) in [6, 6.07) is 2.34. The number of phenolic OH excluding ortho intramolecular Hbond substituents is 2. The van der Waals surface area contributed by atoms with E-state index in [9.17, 15) is 14.6 Å². The summed E-state index contributed by atoms with van der Waals surface area (Å²) in [6.07, 6.45) is 7.22. The molecule has 2 aromatic rings. The van der Waals surface area contributed by atoms with Crippen molar-refractivity contribution in [3.63, 3.8) is 0 Å². The maximum absolute atomic E-state index is 13.8. The molecule has 3 rings (SSSR count). The van der Waals surface area contributed by atoms with Gasteiger partial charge >= 0.3 is 0 Å². The molecule has 0 bridgehead atoms. The summed E-state index contributed by atoms with van der Waals surface area (Å²) in [5.41, 5.74) is 1.02. The molecule has 1 fully saturated rings. The highest BCUT2D eigenvalue weighted by Crippen LogP contribution is 2.26. The fraction of sp³-hybridized carbons (Fsp3) is 0.412. The molecule has 1 heterocycles. The lowest BCUT2D eigenvalue weighted by Gasteiger charge is -2.16. The predicted octanol–water partition coefficient (Wildman–Crippen LogP) is 3.52. The van der Waals surface area contributed by atoms with Crippen molar-refractivity contribution in [2.45, 2.75) is 45.1 Å². The van der Waals surface area contributed by atoms with E-state index in [4.69, 9.17) is 4.99 Å². The van der Waals surface area contributed by atoms with Gasteiger partial charge in [0, 0.05) is 17.0 Å². The molecule has 1 saturated carbocycles. The highest BCUT2D eigenvalue weighted by Gasteiger charge is 2.13. The minimum Gasteiger partial charge on any atom is -0.504 e. The van der Waals surface area contributed by atoms with Crippen LogP contribution in [0.4, 0.5) is 4.39 Å². The molecule has 24 heavy (non-hydrogen) atoms. The largest absolute Gasteiger partial charge is 0.504 e. The number of aryl methyl sites for hydroxylation is 1. The Kier molecular flexibility index (Phi) is 4.99. The number of thiazole rings is 1. The van der Waals surface area contributed by atoms with Crippen molar-refractivity contribution in [1.29, 1.82) is 0 Å². The fourth-order valence-electron chi connectivity index (χ4n) is 2.77. The Morgan fingerprint density at radius 2 is 1.92 bits per heavy atom.